The van der Waals surface area contributed by atoms with Crippen molar-refractivity contribution in [3.8, 4) is 17.0 Å². The number of nitrogens with zero attached hydrogens (tertiary/aromatic N) is 2. The van der Waals surface area contributed by atoms with Crippen LogP contribution in [0.2, 0.25) is 0 Å². The Labute approximate surface area is 176 Å². The highest BCUT2D eigenvalue weighted by molar-refractivity contribution is 9.10. The van der Waals surface area contributed by atoms with Gasteiger partial charge in [0.25, 0.3) is 5.91 Å². The predicted molar refractivity (Wildman–Crippen MR) is 113 cm³/mol. The van der Waals surface area contributed by atoms with E-state index in [4.69, 9.17) is 4.74 Å². The summed E-state index contributed by atoms with van der Waals surface area (Å²) >= 11 is 3.55. The average Bonchev–Trinajstić information content (AvgIpc) is 3.33. The molecule has 0 aliphatic carbocycles. The molecular formula is C21H20BrFN4O2. The topological polar surface area (TPSA) is 68.2 Å². The molecule has 3 aromatic rings. The number of halogens is 2. The zero-order valence-electron chi connectivity index (χ0n) is 15.8. The maximum Gasteiger partial charge on any atom is 0.255 e. The number of amides is 1. The summed E-state index contributed by atoms with van der Waals surface area (Å²) < 4.78 is 21.9. The Morgan fingerprint density at radius 3 is 2.76 bits per heavy atom. The molecule has 1 atom stereocenters. The molecule has 4 rings (SSSR count). The summed E-state index contributed by atoms with van der Waals surface area (Å²) in [4.78, 5) is 12.5. The van der Waals surface area contributed by atoms with Gasteiger partial charge in [-0.15, -0.1) is 0 Å². The van der Waals surface area contributed by atoms with Crippen molar-refractivity contribution in [3.63, 3.8) is 0 Å². The fourth-order valence-electron chi connectivity index (χ4n) is 3.32. The Morgan fingerprint density at radius 1 is 1.31 bits per heavy atom. The minimum Gasteiger partial charge on any atom is -0.488 e. The average molecular weight is 459 g/mol. The molecule has 0 spiro atoms. The van der Waals surface area contributed by atoms with Crippen LogP contribution in [0.3, 0.4) is 0 Å². The molecule has 1 aromatic heterocycles. The zero-order valence-corrected chi connectivity index (χ0v) is 17.4. The van der Waals surface area contributed by atoms with Crippen molar-refractivity contribution in [1.82, 2.24) is 15.1 Å². The van der Waals surface area contributed by atoms with Gasteiger partial charge < -0.3 is 15.4 Å². The lowest BCUT2D eigenvalue weighted by atomic mass is 10.1. The van der Waals surface area contributed by atoms with Crippen LogP contribution in [0.25, 0.3) is 11.3 Å². The molecule has 6 nitrogen and oxygen atoms in total. The first-order chi connectivity index (χ1) is 14.0. The van der Waals surface area contributed by atoms with Gasteiger partial charge in [-0.25, -0.2) is 4.39 Å². The van der Waals surface area contributed by atoms with Crippen LogP contribution in [-0.2, 0) is 7.05 Å². The van der Waals surface area contributed by atoms with Crippen LogP contribution in [0.15, 0.2) is 53.1 Å². The van der Waals surface area contributed by atoms with Crippen LogP contribution in [0.5, 0.6) is 5.75 Å². The largest absolute Gasteiger partial charge is 0.488 e. The number of anilines is 1. The molecule has 0 saturated carbocycles. The molecule has 1 aliphatic heterocycles. The number of rotatable bonds is 5. The Hall–Kier alpha value is -2.71. The molecule has 1 fully saturated rings. The van der Waals surface area contributed by atoms with Crippen molar-refractivity contribution < 1.29 is 13.9 Å². The lowest BCUT2D eigenvalue weighted by molar-refractivity contribution is 0.102. The number of nitrogens with one attached hydrogen (secondary N) is 2. The SMILES string of the molecule is Cn1ncc(Br)c1-c1cc(NC(=O)c2ccc(F)cc2)ccc1OC1CCNC1. The van der Waals surface area contributed by atoms with E-state index in [0.717, 1.165) is 41.0 Å². The molecule has 0 radical (unpaired) electrons. The second-order valence-electron chi connectivity index (χ2n) is 6.87. The number of benzene rings is 2. The molecule has 0 bridgehead atoms. The summed E-state index contributed by atoms with van der Waals surface area (Å²) in [5, 5.41) is 10.5. The minimum atomic E-state index is -0.382. The molecule has 1 saturated heterocycles. The maximum atomic E-state index is 13.1. The van der Waals surface area contributed by atoms with Gasteiger partial charge in [-0.1, -0.05) is 0 Å². The molecule has 2 heterocycles. The minimum absolute atomic E-state index is 0.0976. The normalized spacial score (nSPS) is 16.0. The number of hydrogen-bond acceptors (Lipinski definition) is 4. The molecular weight excluding hydrogens is 439 g/mol. The fraction of sp³-hybridized carbons (Fsp3) is 0.238. The highest BCUT2D eigenvalue weighted by Crippen LogP contribution is 2.37. The first-order valence-corrected chi connectivity index (χ1v) is 10.1. The summed E-state index contributed by atoms with van der Waals surface area (Å²) in [5.41, 5.74) is 2.66. The van der Waals surface area contributed by atoms with Gasteiger partial charge in [-0.3, -0.25) is 9.48 Å². The van der Waals surface area contributed by atoms with Crippen LogP contribution < -0.4 is 15.4 Å². The molecule has 150 valence electrons. The van der Waals surface area contributed by atoms with Gasteiger partial charge in [-0.2, -0.15) is 5.10 Å². The third-order valence-electron chi connectivity index (χ3n) is 4.80. The second-order valence-corrected chi connectivity index (χ2v) is 7.72. The van der Waals surface area contributed by atoms with E-state index in [2.05, 4.69) is 31.7 Å². The van der Waals surface area contributed by atoms with Gasteiger partial charge in [0.15, 0.2) is 0 Å². The number of carbonyl (C=O) groups is 1. The number of aromatic nitrogens is 2. The number of aryl methyl sites for hydroxylation is 1. The van der Waals surface area contributed by atoms with E-state index < -0.39 is 0 Å². The fourth-order valence-corrected chi connectivity index (χ4v) is 3.88. The molecule has 1 unspecified atom stereocenters. The predicted octanol–water partition coefficient (Wildman–Crippen LogP) is 3.98. The van der Waals surface area contributed by atoms with Gasteiger partial charge in [0.05, 0.1) is 16.4 Å². The third-order valence-corrected chi connectivity index (χ3v) is 5.38. The van der Waals surface area contributed by atoms with E-state index in [-0.39, 0.29) is 17.8 Å². The van der Waals surface area contributed by atoms with Crippen molar-refractivity contribution in [2.45, 2.75) is 12.5 Å². The van der Waals surface area contributed by atoms with Crippen molar-refractivity contribution in [2.24, 2.45) is 7.05 Å². The van der Waals surface area contributed by atoms with E-state index in [9.17, 15) is 9.18 Å². The molecule has 1 amide bonds. The Morgan fingerprint density at radius 2 is 2.10 bits per heavy atom. The van der Waals surface area contributed by atoms with Gasteiger partial charge >= 0.3 is 0 Å². The van der Waals surface area contributed by atoms with Crippen LogP contribution in [0.1, 0.15) is 16.8 Å². The Balaban J connectivity index is 1.66. The van der Waals surface area contributed by atoms with Gasteiger partial charge in [0.2, 0.25) is 0 Å². The molecule has 29 heavy (non-hydrogen) atoms. The van der Waals surface area contributed by atoms with Gasteiger partial charge in [0.1, 0.15) is 17.7 Å². The molecule has 1 aliphatic rings. The van der Waals surface area contributed by atoms with E-state index in [1.807, 2.05) is 19.2 Å². The highest BCUT2D eigenvalue weighted by atomic mass is 79.9. The van der Waals surface area contributed by atoms with Crippen LogP contribution >= 0.6 is 15.9 Å². The molecule has 8 heteroatoms. The Bertz CT molecular complexity index is 1010. The Kier molecular flexibility index (Phi) is 5.64. The molecule has 2 aromatic carbocycles. The molecule has 2 N–H and O–H groups in total. The van der Waals surface area contributed by atoms with Gasteiger partial charge in [-0.05, 0) is 71.4 Å². The summed E-state index contributed by atoms with van der Waals surface area (Å²) in [6, 6.07) is 10.9. The van der Waals surface area contributed by atoms with Gasteiger partial charge in [0, 0.05) is 30.4 Å². The lowest BCUT2D eigenvalue weighted by Crippen LogP contribution is -2.20. The summed E-state index contributed by atoms with van der Waals surface area (Å²) in [6.07, 6.45) is 2.76. The summed E-state index contributed by atoms with van der Waals surface area (Å²) in [5.74, 6) is 0.0317. The van der Waals surface area contributed by atoms with Crippen molar-refractivity contribution >= 4 is 27.5 Å². The van der Waals surface area contributed by atoms with Crippen LogP contribution in [-0.4, -0.2) is 34.9 Å². The van der Waals surface area contributed by atoms with E-state index in [1.165, 1.54) is 24.3 Å². The lowest BCUT2D eigenvalue weighted by Gasteiger charge is -2.18. The van der Waals surface area contributed by atoms with Crippen molar-refractivity contribution in [3.05, 3.63) is 64.5 Å². The highest BCUT2D eigenvalue weighted by Gasteiger charge is 2.21. The quantitative estimate of drug-likeness (QED) is 0.606. The number of ether oxygens (including phenoxy) is 1. The first kappa shape index (κ1) is 19.6. The van der Waals surface area contributed by atoms with Crippen molar-refractivity contribution in [1.29, 1.82) is 0 Å². The monoisotopic (exact) mass is 458 g/mol. The second kappa shape index (κ2) is 8.34. The third kappa shape index (κ3) is 4.33. The zero-order chi connectivity index (χ0) is 20.4. The smallest absolute Gasteiger partial charge is 0.255 e. The van der Waals surface area contributed by atoms with E-state index in [1.54, 1.807) is 16.9 Å². The first-order valence-electron chi connectivity index (χ1n) is 9.27. The number of carbonyl (C=O) groups excluding carboxylic acids is 1. The van der Waals surface area contributed by atoms with E-state index in [0.29, 0.717) is 11.3 Å². The van der Waals surface area contributed by atoms with E-state index >= 15 is 0 Å². The standard InChI is InChI=1S/C21H20BrFN4O2/c1-27-20(18(22)12-25-27)17-10-15(6-7-19(17)29-16-8-9-24-11-16)26-21(28)13-2-4-14(23)5-3-13/h2-7,10,12,16,24H,8-9,11H2,1H3,(H,26,28). The number of hydrogen-bond donors (Lipinski definition) is 2. The summed E-state index contributed by atoms with van der Waals surface area (Å²) in [7, 11) is 1.85. The van der Waals surface area contributed by atoms with Crippen LogP contribution in [0, 0.1) is 5.82 Å². The maximum absolute atomic E-state index is 13.1. The van der Waals surface area contributed by atoms with Crippen molar-refractivity contribution in [2.75, 3.05) is 18.4 Å². The summed E-state index contributed by atoms with van der Waals surface area (Å²) in [6.45, 7) is 1.73. The van der Waals surface area contributed by atoms with Crippen LogP contribution in [0.4, 0.5) is 10.1 Å².